The van der Waals surface area contributed by atoms with Gasteiger partial charge in [-0.05, 0) is 37.8 Å². The summed E-state index contributed by atoms with van der Waals surface area (Å²) in [4.78, 5) is 27.5. The Balaban J connectivity index is 2.21. The minimum Gasteiger partial charge on any atom is -0.354 e. The van der Waals surface area contributed by atoms with Gasteiger partial charge in [0.25, 0.3) is 0 Å². The lowest BCUT2D eigenvalue weighted by Gasteiger charge is -2.29. The minimum atomic E-state index is -0.531. The number of hydrogen-bond acceptors (Lipinski definition) is 2. The molecule has 28 heavy (non-hydrogen) atoms. The maximum atomic E-state index is 13.1. The van der Waals surface area contributed by atoms with Crippen LogP contribution in [0.3, 0.4) is 0 Å². The van der Waals surface area contributed by atoms with Crippen LogP contribution in [0.5, 0.6) is 0 Å². The molecule has 0 unspecified atom stereocenters. The summed E-state index contributed by atoms with van der Waals surface area (Å²) in [5, 5.41) is 2.95. The molecule has 4 nitrogen and oxygen atoms in total. The zero-order chi connectivity index (χ0) is 20.7. The zero-order valence-corrected chi connectivity index (χ0v) is 17.7. The first-order valence-electron chi connectivity index (χ1n) is 9.94. The summed E-state index contributed by atoms with van der Waals surface area (Å²) in [6.45, 7) is 11.0. The third-order valence-electron chi connectivity index (χ3n) is 4.73. The Kier molecular flexibility index (Phi) is 7.80. The number of carbonyl (C=O) groups excluding carboxylic acids is 2. The molecule has 0 heterocycles. The highest BCUT2D eigenvalue weighted by Gasteiger charge is 2.26. The van der Waals surface area contributed by atoms with Gasteiger partial charge in [0, 0.05) is 13.1 Å². The summed E-state index contributed by atoms with van der Waals surface area (Å²) >= 11 is 0. The van der Waals surface area contributed by atoms with Crippen molar-refractivity contribution in [2.75, 3.05) is 6.54 Å². The van der Waals surface area contributed by atoms with Gasteiger partial charge in [0.05, 0.1) is 6.42 Å². The van der Waals surface area contributed by atoms with E-state index in [0.29, 0.717) is 19.0 Å². The van der Waals surface area contributed by atoms with Crippen molar-refractivity contribution in [1.82, 2.24) is 10.2 Å². The molecule has 0 saturated carbocycles. The van der Waals surface area contributed by atoms with Gasteiger partial charge in [-0.1, -0.05) is 73.5 Å². The van der Waals surface area contributed by atoms with Gasteiger partial charge in [0.1, 0.15) is 6.04 Å². The quantitative estimate of drug-likeness (QED) is 0.751. The number of aryl methyl sites for hydroxylation is 2. The monoisotopic (exact) mass is 380 g/mol. The highest BCUT2D eigenvalue weighted by Crippen LogP contribution is 2.14. The van der Waals surface area contributed by atoms with Crippen LogP contribution in [0.1, 0.15) is 43.0 Å². The molecule has 0 saturated heterocycles. The first-order chi connectivity index (χ1) is 13.3. The number of nitrogens with zero attached hydrogens (tertiary/aromatic N) is 1. The zero-order valence-electron chi connectivity index (χ0n) is 17.7. The van der Waals surface area contributed by atoms with Crippen LogP contribution in [0.4, 0.5) is 0 Å². The molecule has 0 radical (unpaired) electrons. The van der Waals surface area contributed by atoms with Gasteiger partial charge in [-0.25, -0.2) is 0 Å². The first kappa shape index (κ1) is 21.7. The number of nitrogens with one attached hydrogen (secondary N) is 1. The Morgan fingerprint density at radius 1 is 0.929 bits per heavy atom. The number of benzene rings is 2. The Morgan fingerprint density at radius 3 is 2.07 bits per heavy atom. The van der Waals surface area contributed by atoms with E-state index in [1.54, 1.807) is 11.8 Å². The maximum absolute atomic E-state index is 13.1. The van der Waals surface area contributed by atoms with Crippen LogP contribution < -0.4 is 5.32 Å². The van der Waals surface area contributed by atoms with E-state index >= 15 is 0 Å². The molecule has 0 aliphatic heterocycles. The van der Waals surface area contributed by atoms with Crippen LogP contribution in [-0.4, -0.2) is 29.3 Å². The molecule has 2 aromatic carbocycles. The molecule has 0 fully saturated rings. The van der Waals surface area contributed by atoms with E-state index in [2.05, 4.69) is 25.2 Å². The number of amides is 2. The second-order valence-electron chi connectivity index (χ2n) is 7.99. The standard InChI is InChI=1S/C24H32N2O2/c1-17(2)15-25-24(28)20(5)26(16-22-11-7-9-19(4)13-22)23(27)14-21-10-6-8-18(3)12-21/h6-13,17,20H,14-16H2,1-5H3,(H,25,28)/t20-/m1/s1. The molecular weight excluding hydrogens is 348 g/mol. The van der Waals surface area contributed by atoms with Crippen LogP contribution in [0.25, 0.3) is 0 Å². The summed E-state index contributed by atoms with van der Waals surface area (Å²) in [5.74, 6) is 0.211. The molecule has 2 rings (SSSR count). The summed E-state index contributed by atoms with van der Waals surface area (Å²) in [7, 11) is 0. The Bertz CT molecular complexity index is 814. The second kappa shape index (κ2) is 10.1. The van der Waals surface area contributed by atoms with E-state index in [0.717, 1.165) is 22.3 Å². The van der Waals surface area contributed by atoms with E-state index < -0.39 is 6.04 Å². The van der Waals surface area contributed by atoms with Gasteiger partial charge in [-0.3, -0.25) is 9.59 Å². The lowest BCUT2D eigenvalue weighted by molar-refractivity contribution is -0.140. The lowest BCUT2D eigenvalue weighted by atomic mass is 10.1. The van der Waals surface area contributed by atoms with Crippen molar-refractivity contribution >= 4 is 11.8 Å². The highest BCUT2D eigenvalue weighted by molar-refractivity contribution is 5.88. The van der Waals surface area contributed by atoms with Gasteiger partial charge < -0.3 is 10.2 Å². The minimum absolute atomic E-state index is 0.0423. The smallest absolute Gasteiger partial charge is 0.242 e. The molecule has 4 heteroatoms. The van der Waals surface area contributed by atoms with Gasteiger partial charge >= 0.3 is 0 Å². The van der Waals surface area contributed by atoms with E-state index in [4.69, 9.17) is 0 Å². The maximum Gasteiger partial charge on any atom is 0.242 e. The summed E-state index contributed by atoms with van der Waals surface area (Å²) < 4.78 is 0. The Morgan fingerprint density at radius 2 is 1.50 bits per heavy atom. The van der Waals surface area contributed by atoms with Crippen LogP contribution in [0, 0.1) is 19.8 Å². The van der Waals surface area contributed by atoms with Gasteiger partial charge in [-0.2, -0.15) is 0 Å². The molecule has 1 atom stereocenters. The summed E-state index contributed by atoms with van der Waals surface area (Å²) in [5.41, 5.74) is 4.26. The van der Waals surface area contributed by atoms with Crippen molar-refractivity contribution in [3.05, 3.63) is 70.8 Å². The van der Waals surface area contributed by atoms with Crippen LogP contribution >= 0.6 is 0 Å². The van der Waals surface area contributed by atoms with Crippen molar-refractivity contribution < 1.29 is 9.59 Å². The van der Waals surface area contributed by atoms with Gasteiger partial charge in [-0.15, -0.1) is 0 Å². The van der Waals surface area contributed by atoms with Crippen molar-refractivity contribution in [3.8, 4) is 0 Å². The molecule has 0 spiro atoms. The molecule has 2 amide bonds. The predicted molar refractivity (Wildman–Crippen MR) is 114 cm³/mol. The van der Waals surface area contributed by atoms with Gasteiger partial charge in [0.15, 0.2) is 0 Å². The average Bonchev–Trinajstić information content (AvgIpc) is 2.63. The third kappa shape index (κ3) is 6.52. The molecule has 0 aliphatic rings. The number of carbonyl (C=O) groups is 2. The average molecular weight is 381 g/mol. The normalized spacial score (nSPS) is 11.9. The van der Waals surface area contributed by atoms with E-state index in [1.807, 2.05) is 56.3 Å². The fraction of sp³-hybridized carbons (Fsp3) is 0.417. The van der Waals surface area contributed by atoms with E-state index in [-0.39, 0.29) is 18.2 Å². The van der Waals surface area contributed by atoms with E-state index in [9.17, 15) is 9.59 Å². The van der Waals surface area contributed by atoms with Crippen molar-refractivity contribution in [3.63, 3.8) is 0 Å². The molecule has 0 bridgehead atoms. The molecule has 0 aliphatic carbocycles. The Hall–Kier alpha value is -2.62. The molecule has 150 valence electrons. The van der Waals surface area contributed by atoms with Crippen molar-refractivity contribution in [2.45, 2.75) is 53.6 Å². The molecule has 1 N–H and O–H groups in total. The number of hydrogen-bond donors (Lipinski definition) is 1. The van der Waals surface area contributed by atoms with Crippen LogP contribution in [0.15, 0.2) is 48.5 Å². The van der Waals surface area contributed by atoms with Gasteiger partial charge in [0.2, 0.25) is 11.8 Å². The second-order valence-corrected chi connectivity index (χ2v) is 7.99. The predicted octanol–water partition coefficient (Wildman–Crippen LogP) is 4.04. The van der Waals surface area contributed by atoms with Crippen LogP contribution in [-0.2, 0) is 22.6 Å². The van der Waals surface area contributed by atoms with Crippen LogP contribution in [0.2, 0.25) is 0 Å². The SMILES string of the molecule is Cc1cccc(CC(=O)N(Cc2cccc(C)c2)[C@H](C)C(=O)NCC(C)C)c1. The largest absolute Gasteiger partial charge is 0.354 e. The van der Waals surface area contributed by atoms with E-state index in [1.165, 1.54) is 0 Å². The lowest BCUT2D eigenvalue weighted by Crippen LogP contribution is -2.48. The summed E-state index contributed by atoms with van der Waals surface area (Å²) in [6, 6.07) is 15.5. The Labute approximate surface area is 169 Å². The first-order valence-corrected chi connectivity index (χ1v) is 9.94. The third-order valence-corrected chi connectivity index (χ3v) is 4.73. The molecule has 0 aromatic heterocycles. The topological polar surface area (TPSA) is 49.4 Å². The highest BCUT2D eigenvalue weighted by atomic mass is 16.2. The number of rotatable bonds is 8. The summed E-state index contributed by atoms with van der Waals surface area (Å²) in [6.07, 6.45) is 0.287. The van der Waals surface area contributed by atoms with Crippen molar-refractivity contribution in [2.24, 2.45) is 5.92 Å². The fourth-order valence-electron chi connectivity index (χ4n) is 3.14. The molecule has 2 aromatic rings. The molecular formula is C24H32N2O2. The fourth-order valence-corrected chi connectivity index (χ4v) is 3.14. The van der Waals surface area contributed by atoms with Crippen molar-refractivity contribution in [1.29, 1.82) is 0 Å².